The summed E-state index contributed by atoms with van der Waals surface area (Å²) in [6, 6.07) is 3.21. The molecule has 8 heteroatoms. The summed E-state index contributed by atoms with van der Waals surface area (Å²) < 4.78 is 51.0. The molecular weight excluding hydrogens is 298 g/mol. The Hall–Kier alpha value is -1.57. The molecule has 1 aliphatic heterocycles. The third-order valence-electron chi connectivity index (χ3n) is 2.77. The summed E-state index contributed by atoms with van der Waals surface area (Å²) >= 11 is 0.903. The molecule has 0 N–H and O–H groups in total. The predicted octanol–water partition coefficient (Wildman–Crippen LogP) is 3.41. The van der Waals surface area contributed by atoms with Gasteiger partial charge in [0.15, 0.2) is 0 Å². The summed E-state index contributed by atoms with van der Waals surface area (Å²) in [5.74, 6) is -0.649. The van der Waals surface area contributed by atoms with E-state index in [4.69, 9.17) is 0 Å². The van der Waals surface area contributed by atoms with Crippen molar-refractivity contribution in [3.05, 3.63) is 35.4 Å². The van der Waals surface area contributed by atoms with E-state index in [0.29, 0.717) is 17.9 Å². The number of carbonyl (C=O) groups excluding carboxylic acids is 2. The Morgan fingerprint density at radius 1 is 1.25 bits per heavy atom. The first-order valence-corrected chi connectivity index (χ1v) is 6.58. The van der Waals surface area contributed by atoms with Gasteiger partial charge in [0, 0.05) is 12.3 Å². The van der Waals surface area contributed by atoms with Gasteiger partial charge in [-0.3, -0.25) is 14.5 Å². The molecule has 0 aromatic heterocycles. The Kier molecular flexibility index (Phi) is 4.03. The Labute approximate surface area is 115 Å². The highest BCUT2D eigenvalue weighted by Crippen LogP contribution is 2.31. The molecule has 0 unspecified atom stereocenters. The molecule has 1 aromatic rings. The molecule has 2 rings (SSSR count). The zero-order valence-corrected chi connectivity index (χ0v) is 10.8. The number of thioether (sulfide) groups is 1. The van der Waals surface area contributed by atoms with Crippen LogP contribution in [0, 0.1) is 0 Å². The first-order valence-electron chi connectivity index (χ1n) is 5.60. The Morgan fingerprint density at radius 3 is 2.30 bits per heavy atom. The van der Waals surface area contributed by atoms with Crippen molar-refractivity contribution in [3.63, 3.8) is 0 Å². The Balaban J connectivity index is 2.15. The van der Waals surface area contributed by atoms with E-state index in [-0.39, 0.29) is 12.1 Å². The van der Waals surface area contributed by atoms with Crippen LogP contribution < -0.4 is 0 Å². The van der Waals surface area contributed by atoms with Crippen LogP contribution in [0.4, 0.5) is 22.4 Å². The maximum atomic E-state index is 13.9. The smallest absolute Gasteiger partial charge is 0.271 e. The number of amides is 2. The van der Waals surface area contributed by atoms with Crippen molar-refractivity contribution in [1.29, 1.82) is 0 Å². The van der Waals surface area contributed by atoms with Crippen molar-refractivity contribution >= 4 is 22.9 Å². The highest BCUT2D eigenvalue weighted by atomic mass is 32.2. The van der Waals surface area contributed by atoms with Crippen LogP contribution >= 0.6 is 11.8 Å². The molecule has 1 atom stereocenters. The normalized spacial score (nSPS) is 17.4. The van der Waals surface area contributed by atoms with E-state index in [1.807, 2.05) is 0 Å². The lowest BCUT2D eigenvalue weighted by Crippen LogP contribution is -2.33. The van der Waals surface area contributed by atoms with Crippen LogP contribution in [0.3, 0.4) is 0 Å². The molecule has 1 heterocycles. The molecule has 108 valence electrons. The fraction of sp³-hybridized carbons (Fsp3) is 0.333. The number of hydrogen-bond acceptors (Lipinski definition) is 3. The molecule has 0 radical (unpaired) electrons. The van der Waals surface area contributed by atoms with Crippen molar-refractivity contribution < 1.29 is 27.2 Å². The summed E-state index contributed by atoms with van der Waals surface area (Å²) in [6.07, 6.45) is -6.66. The number of hydrogen-bond donors (Lipinski definition) is 0. The van der Waals surface area contributed by atoms with Crippen molar-refractivity contribution in [2.75, 3.05) is 12.3 Å². The number of alkyl halides is 4. The van der Waals surface area contributed by atoms with Gasteiger partial charge in [0.2, 0.25) is 6.17 Å². The van der Waals surface area contributed by atoms with Crippen LogP contribution in [0.2, 0.25) is 0 Å². The third-order valence-corrected chi connectivity index (χ3v) is 3.63. The van der Waals surface area contributed by atoms with Gasteiger partial charge < -0.3 is 0 Å². The molecule has 2 amide bonds. The molecule has 1 fully saturated rings. The van der Waals surface area contributed by atoms with Crippen LogP contribution in [0.5, 0.6) is 0 Å². The largest absolute Gasteiger partial charge is 0.416 e. The van der Waals surface area contributed by atoms with Gasteiger partial charge >= 0.3 is 6.18 Å². The molecule has 0 spiro atoms. The molecule has 1 aromatic carbocycles. The van der Waals surface area contributed by atoms with E-state index >= 15 is 0 Å². The first kappa shape index (κ1) is 14.8. The van der Waals surface area contributed by atoms with Crippen molar-refractivity contribution in [3.8, 4) is 0 Å². The molecule has 0 bridgehead atoms. The summed E-state index contributed by atoms with van der Waals surface area (Å²) in [5.41, 5.74) is -1.12. The molecular formula is C12H9F4NO2S. The van der Waals surface area contributed by atoms with Gasteiger partial charge in [0.05, 0.1) is 5.56 Å². The van der Waals surface area contributed by atoms with E-state index in [1.54, 1.807) is 0 Å². The Morgan fingerprint density at radius 2 is 1.85 bits per heavy atom. The average Bonchev–Trinajstić information content (AvgIpc) is 2.82. The van der Waals surface area contributed by atoms with Gasteiger partial charge in [0.25, 0.3) is 11.1 Å². The minimum Gasteiger partial charge on any atom is -0.271 e. The van der Waals surface area contributed by atoms with Gasteiger partial charge in [0.1, 0.15) is 0 Å². The standard InChI is InChI=1S/C12H9F4NO2S/c13-9(10(18)17-5-6-20-11(17)19)7-1-3-8(4-2-7)12(14,15)16/h1-4,9H,5-6H2/t9-/m1/s1. The monoisotopic (exact) mass is 307 g/mol. The molecule has 1 aliphatic rings. The van der Waals surface area contributed by atoms with Crippen LogP contribution in [0.15, 0.2) is 24.3 Å². The lowest BCUT2D eigenvalue weighted by atomic mass is 10.1. The summed E-state index contributed by atoms with van der Waals surface area (Å²) in [5, 5.41) is -0.537. The second kappa shape index (κ2) is 5.43. The van der Waals surface area contributed by atoms with E-state index in [2.05, 4.69) is 0 Å². The maximum Gasteiger partial charge on any atom is 0.416 e. The molecule has 0 aliphatic carbocycles. The summed E-state index contributed by atoms with van der Waals surface area (Å²) in [4.78, 5) is 23.8. The van der Waals surface area contributed by atoms with Gasteiger partial charge in [-0.2, -0.15) is 13.2 Å². The molecule has 3 nitrogen and oxygen atoms in total. The fourth-order valence-corrected chi connectivity index (χ4v) is 2.50. The van der Waals surface area contributed by atoms with Crippen LogP contribution in [0.1, 0.15) is 17.3 Å². The number of imide groups is 1. The minimum absolute atomic E-state index is 0.114. The van der Waals surface area contributed by atoms with Crippen LogP contribution in [-0.2, 0) is 11.0 Å². The van der Waals surface area contributed by atoms with Gasteiger partial charge in [-0.1, -0.05) is 23.9 Å². The summed E-state index contributed by atoms with van der Waals surface area (Å²) in [7, 11) is 0. The highest BCUT2D eigenvalue weighted by molar-refractivity contribution is 8.13. The number of carbonyl (C=O) groups is 2. The second-order valence-electron chi connectivity index (χ2n) is 4.09. The van der Waals surface area contributed by atoms with Crippen LogP contribution in [-0.4, -0.2) is 28.3 Å². The average molecular weight is 307 g/mol. The van der Waals surface area contributed by atoms with E-state index in [0.717, 1.165) is 28.8 Å². The van der Waals surface area contributed by atoms with E-state index in [1.165, 1.54) is 0 Å². The van der Waals surface area contributed by atoms with E-state index in [9.17, 15) is 27.2 Å². The number of halogens is 4. The predicted molar refractivity (Wildman–Crippen MR) is 64.9 cm³/mol. The topological polar surface area (TPSA) is 37.4 Å². The zero-order valence-electron chi connectivity index (χ0n) is 9.98. The lowest BCUT2D eigenvalue weighted by molar-refractivity contribution is -0.137. The second-order valence-corrected chi connectivity index (χ2v) is 5.13. The number of nitrogens with zero attached hydrogens (tertiary/aromatic N) is 1. The molecule has 20 heavy (non-hydrogen) atoms. The van der Waals surface area contributed by atoms with Gasteiger partial charge in [-0.05, 0) is 17.7 Å². The van der Waals surface area contributed by atoms with Crippen molar-refractivity contribution in [1.82, 2.24) is 4.90 Å². The van der Waals surface area contributed by atoms with Gasteiger partial charge in [-0.15, -0.1) is 0 Å². The number of benzene rings is 1. The zero-order chi connectivity index (χ0) is 14.9. The molecule has 0 saturated carbocycles. The maximum absolute atomic E-state index is 13.9. The lowest BCUT2D eigenvalue weighted by Gasteiger charge is -2.16. The summed E-state index contributed by atoms with van der Waals surface area (Å²) in [6.45, 7) is 0.114. The SMILES string of the molecule is O=C1SCCN1C(=O)[C@H](F)c1ccc(C(F)(F)F)cc1. The quantitative estimate of drug-likeness (QED) is 0.786. The van der Waals surface area contributed by atoms with Crippen LogP contribution in [0.25, 0.3) is 0 Å². The number of rotatable bonds is 2. The highest BCUT2D eigenvalue weighted by Gasteiger charge is 2.34. The molecule has 1 saturated heterocycles. The third kappa shape index (κ3) is 2.95. The fourth-order valence-electron chi connectivity index (χ4n) is 1.71. The Bertz CT molecular complexity index is 529. The minimum atomic E-state index is -4.52. The first-order chi connectivity index (χ1) is 9.30. The van der Waals surface area contributed by atoms with Crippen molar-refractivity contribution in [2.24, 2.45) is 0 Å². The van der Waals surface area contributed by atoms with Crippen molar-refractivity contribution in [2.45, 2.75) is 12.3 Å². The van der Waals surface area contributed by atoms with E-state index < -0.39 is 29.1 Å². The van der Waals surface area contributed by atoms with Gasteiger partial charge in [-0.25, -0.2) is 4.39 Å².